The van der Waals surface area contributed by atoms with Crippen LogP contribution in [0, 0.1) is 11.3 Å². The van der Waals surface area contributed by atoms with Gasteiger partial charge in [0.2, 0.25) is 0 Å². The van der Waals surface area contributed by atoms with Crippen molar-refractivity contribution in [2.75, 3.05) is 0 Å². The maximum absolute atomic E-state index is 14.6. The summed E-state index contributed by atoms with van der Waals surface area (Å²) in [5, 5.41) is 44.4. The molecule has 4 N–H and O–H groups in total. The Bertz CT molecular complexity index is 1680. The Hall–Kier alpha value is -4.72. The largest absolute Gasteiger partial charge is 0.507 e. The molecule has 8 heteroatoms. The van der Waals surface area contributed by atoms with E-state index in [4.69, 9.17) is 0 Å². The first kappa shape index (κ1) is 26.9. The Labute approximate surface area is 230 Å². The molecule has 0 aromatic heterocycles. The summed E-state index contributed by atoms with van der Waals surface area (Å²) in [4.78, 5) is 54.6. The number of phenols is 4. The summed E-state index contributed by atoms with van der Waals surface area (Å²) in [7, 11) is 0. The maximum atomic E-state index is 14.6. The minimum atomic E-state index is -1.72. The molecule has 0 saturated carbocycles. The molecular formula is C32H28O8. The van der Waals surface area contributed by atoms with Gasteiger partial charge in [-0.25, -0.2) is 0 Å². The normalized spacial score (nSPS) is 22.9. The first-order chi connectivity index (χ1) is 18.8. The third kappa shape index (κ3) is 3.59. The minimum absolute atomic E-state index is 0.0654. The van der Waals surface area contributed by atoms with Gasteiger partial charge in [0.25, 0.3) is 0 Å². The number of hydrogen-bond donors (Lipinski definition) is 4. The Kier molecular flexibility index (Phi) is 6.17. The lowest BCUT2D eigenvalue weighted by Crippen LogP contribution is -2.52. The zero-order chi connectivity index (χ0) is 29.3. The van der Waals surface area contributed by atoms with E-state index in [2.05, 4.69) is 0 Å². The van der Waals surface area contributed by atoms with Crippen LogP contribution in [0.4, 0.5) is 0 Å². The van der Waals surface area contributed by atoms with Crippen LogP contribution in [0.2, 0.25) is 0 Å². The minimum Gasteiger partial charge on any atom is -0.507 e. The van der Waals surface area contributed by atoms with E-state index in [1.54, 1.807) is 24.3 Å². The van der Waals surface area contributed by atoms with Gasteiger partial charge in [-0.3, -0.25) is 19.2 Å². The predicted molar refractivity (Wildman–Crippen MR) is 146 cm³/mol. The molecular weight excluding hydrogens is 512 g/mol. The highest BCUT2D eigenvalue weighted by atomic mass is 16.3. The van der Waals surface area contributed by atoms with E-state index in [0.717, 1.165) is 35.4 Å². The molecule has 40 heavy (non-hydrogen) atoms. The van der Waals surface area contributed by atoms with Gasteiger partial charge in [-0.2, -0.15) is 0 Å². The van der Waals surface area contributed by atoms with Crippen molar-refractivity contribution < 1.29 is 39.6 Å². The fraction of sp³-hybridized carbons (Fsp3) is 0.250. The van der Waals surface area contributed by atoms with Crippen LogP contribution in [-0.4, -0.2) is 43.6 Å². The standard InChI is InChI=1S/C32H28O8/c1-14(2)6-5-11-32-16(12-15(3)4)13-17-22(29(38)24-19(34)8-7-18(33)23(24)28(17)37)27(32)30(39)25-20(35)9-10-21(36)26(25)31(32)40/h5-12,16,27,35-38H,13H2,1-4H3/b11-5+/t16-,27-,32-/m1/s1. The van der Waals surface area contributed by atoms with E-state index in [0.29, 0.717) is 0 Å². The van der Waals surface area contributed by atoms with E-state index in [9.17, 15) is 39.6 Å². The average molecular weight is 541 g/mol. The fourth-order valence-electron chi connectivity index (χ4n) is 6.31. The number of aromatic hydroxyl groups is 4. The van der Waals surface area contributed by atoms with E-state index in [1.165, 1.54) is 0 Å². The van der Waals surface area contributed by atoms with Crippen molar-refractivity contribution in [3.8, 4) is 23.0 Å². The molecule has 0 spiro atoms. The number of benzene rings is 2. The first-order valence-corrected chi connectivity index (χ1v) is 12.8. The van der Waals surface area contributed by atoms with Gasteiger partial charge in [-0.15, -0.1) is 0 Å². The predicted octanol–water partition coefficient (Wildman–Crippen LogP) is 5.25. The van der Waals surface area contributed by atoms with Crippen LogP contribution in [0.15, 0.2) is 59.7 Å². The van der Waals surface area contributed by atoms with Crippen LogP contribution in [0.3, 0.4) is 0 Å². The number of carbonyl (C=O) groups excluding carboxylic acids is 4. The summed E-state index contributed by atoms with van der Waals surface area (Å²) in [5.74, 6) is -7.36. The molecule has 0 radical (unpaired) electrons. The SMILES string of the molecule is CC(C)=C/C=C/[C@]12C(=O)c3c(O)ccc(O)c3C(=O)[C@H]1c1c(O)c3c(c(O)c1C[C@H]2C=C(C)C)C(=O)C=CC3=O. The number of ketones is 4. The number of hydrogen-bond acceptors (Lipinski definition) is 8. The summed E-state index contributed by atoms with van der Waals surface area (Å²) >= 11 is 0. The van der Waals surface area contributed by atoms with Crippen LogP contribution in [0.25, 0.3) is 0 Å². The van der Waals surface area contributed by atoms with Crippen molar-refractivity contribution in [3.63, 3.8) is 0 Å². The first-order valence-electron chi connectivity index (χ1n) is 12.8. The van der Waals surface area contributed by atoms with Gasteiger partial charge < -0.3 is 20.4 Å². The van der Waals surface area contributed by atoms with Crippen LogP contribution in [0.1, 0.15) is 86.2 Å². The summed E-state index contributed by atoms with van der Waals surface area (Å²) in [6.45, 7) is 7.31. The molecule has 0 fully saturated rings. The number of phenolic OH excluding ortho intramolecular Hbond substituents is 4. The second-order valence-corrected chi connectivity index (χ2v) is 11.0. The van der Waals surface area contributed by atoms with E-state index < -0.39 is 74.5 Å². The molecule has 3 aliphatic rings. The molecule has 3 atom stereocenters. The summed E-state index contributed by atoms with van der Waals surface area (Å²) in [5.41, 5.74) is -1.67. The lowest BCUT2D eigenvalue weighted by atomic mass is 9.50. The molecule has 2 aromatic rings. The number of carbonyl (C=O) groups is 4. The smallest absolute Gasteiger partial charge is 0.190 e. The third-order valence-corrected chi connectivity index (χ3v) is 7.90. The van der Waals surface area contributed by atoms with Crippen molar-refractivity contribution in [2.24, 2.45) is 11.3 Å². The van der Waals surface area contributed by atoms with Gasteiger partial charge >= 0.3 is 0 Å². The molecule has 2 aromatic carbocycles. The quantitative estimate of drug-likeness (QED) is 0.234. The highest BCUT2D eigenvalue weighted by Crippen LogP contribution is 2.62. The Morgan fingerprint density at radius 1 is 0.800 bits per heavy atom. The number of rotatable bonds is 3. The van der Waals surface area contributed by atoms with Gasteiger partial charge in [0.15, 0.2) is 23.1 Å². The molecule has 204 valence electrons. The summed E-state index contributed by atoms with van der Waals surface area (Å²) < 4.78 is 0. The highest BCUT2D eigenvalue weighted by Gasteiger charge is 2.61. The van der Waals surface area contributed by atoms with E-state index in [-0.39, 0.29) is 28.7 Å². The Morgan fingerprint density at radius 3 is 1.95 bits per heavy atom. The van der Waals surface area contributed by atoms with E-state index >= 15 is 0 Å². The van der Waals surface area contributed by atoms with Gasteiger partial charge in [-0.1, -0.05) is 35.5 Å². The molecule has 0 aliphatic heterocycles. The van der Waals surface area contributed by atoms with Crippen LogP contribution < -0.4 is 0 Å². The summed E-state index contributed by atoms with van der Waals surface area (Å²) in [6, 6.07) is 2.23. The number of fused-ring (bicyclic) bond motifs is 5. The zero-order valence-corrected chi connectivity index (χ0v) is 22.4. The lowest BCUT2D eigenvalue weighted by molar-refractivity contribution is 0.0611. The third-order valence-electron chi connectivity index (χ3n) is 7.90. The van der Waals surface area contributed by atoms with Gasteiger partial charge in [0.05, 0.1) is 33.6 Å². The van der Waals surface area contributed by atoms with Gasteiger partial charge in [0, 0.05) is 11.1 Å². The second kappa shape index (κ2) is 9.19. The maximum Gasteiger partial charge on any atom is 0.190 e. The van der Waals surface area contributed by atoms with Crippen molar-refractivity contribution in [1.29, 1.82) is 0 Å². The molecule has 0 amide bonds. The van der Waals surface area contributed by atoms with Crippen LogP contribution in [0.5, 0.6) is 23.0 Å². The molecule has 0 unspecified atom stereocenters. The topological polar surface area (TPSA) is 149 Å². The molecule has 3 aliphatic carbocycles. The number of Topliss-reactive ketones (excluding diaryl/α,β-unsaturated/α-hetero) is 2. The van der Waals surface area contributed by atoms with Crippen molar-refractivity contribution >= 4 is 23.1 Å². The van der Waals surface area contributed by atoms with Gasteiger partial charge in [-0.05, 0) is 64.3 Å². The zero-order valence-electron chi connectivity index (χ0n) is 22.4. The number of allylic oxidation sites excluding steroid dienone is 8. The highest BCUT2D eigenvalue weighted by molar-refractivity contribution is 6.26. The molecule has 0 bridgehead atoms. The molecule has 8 nitrogen and oxygen atoms in total. The van der Waals surface area contributed by atoms with E-state index in [1.807, 2.05) is 27.7 Å². The lowest BCUT2D eigenvalue weighted by Gasteiger charge is -2.49. The Morgan fingerprint density at radius 2 is 1.38 bits per heavy atom. The van der Waals surface area contributed by atoms with Crippen molar-refractivity contribution in [1.82, 2.24) is 0 Å². The van der Waals surface area contributed by atoms with Crippen LogP contribution >= 0.6 is 0 Å². The fourth-order valence-corrected chi connectivity index (χ4v) is 6.31. The monoisotopic (exact) mass is 540 g/mol. The molecule has 0 heterocycles. The summed E-state index contributed by atoms with van der Waals surface area (Å²) in [6.07, 6.45) is 8.62. The second-order valence-electron chi connectivity index (χ2n) is 11.0. The molecule has 5 rings (SSSR count). The average Bonchev–Trinajstić information content (AvgIpc) is 2.88. The van der Waals surface area contributed by atoms with Gasteiger partial charge in [0.1, 0.15) is 23.0 Å². The van der Waals surface area contributed by atoms with Crippen molar-refractivity contribution in [2.45, 2.75) is 40.0 Å². The van der Waals surface area contributed by atoms with Crippen molar-refractivity contribution in [3.05, 3.63) is 93.1 Å². The van der Waals surface area contributed by atoms with Crippen LogP contribution in [-0.2, 0) is 6.42 Å². The Balaban J connectivity index is 1.98. The molecule has 0 saturated heterocycles.